The van der Waals surface area contributed by atoms with E-state index in [1.165, 1.54) is 0 Å². The highest BCUT2D eigenvalue weighted by atomic mass is 16.5. The number of rotatable bonds is 6. The number of nitrogens with one attached hydrogen (secondary N) is 1. The zero-order valence-corrected chi connectivity index (χ0v) is 13.9. The first kappa shape index (κ1) is 16.7. The number of hydrogen-bond acceptors (Lipinski definition) is 4. The van der Waals surface area contributed by atoms with Gasteiger partial charge in [-0.2, -0.15) is 0 Å². The Morgan fingerprint density at radius 2 is 1.91 bits per heavy atom. The van der Waals surface area contributed by atoms with Crippen molar-refractivity contribution in [1.29, 1.82) is 0 Å². The van der Waals surface area contributed by atoms with E-state index in [1.54, 1.807) is 50.6 Å². The highest BCUT2D eigenvalue weighted by Gasteiger charge is 2.13. The molecule has 7 heteroatoms. The molecule has 0 atom stereocenters. The molecule has 2 rings (SSSR count). The zero-order valence-electron chi connectivity index (χ0n) is 13.9. The number of imidazole rings is 1. The average Bonchev–Trinajstić information content (AvgIpc) is 3.01. The van der Waals surface area contributed by atoms with Gasteiger partial charge in [0.25, 0.3) is 0 Å². The van der Waals surface area contributed by atoms with Crippen LogP contribution >= 0.6 is 0 Å². The molecule has 0 unspecified atom stereocenters. The fourth-order valence-electron chi connectivity index (χ4n) is 2.16. The first-order chi connectivity index (χ1) is 11.1. The Morgan fingerprint density at radius 3 is 2.48 bits per heavy atom. The number of anilines is 1. The summed E-state index contributed by atoms with van der Waals surface area (Å²) in [5.41, 5.74) is 0.608. The fourth-order valence-corrected chi connectivity index (χ4v) is 2.16. The van der Waals surface area contributed by atoms with Crippen LogP contribution in [0.15, 0.2) is 30.6 Å². The second kappa shape index (κ2) is 7.53. The molecular formula is C16H22N4O3. The number of aromatic nitrogens is 2. The quantitative estimate of drug-likeness (QED) is 0.889. The summed E-state index contributed by atoms with van der Waals surface area (Å²) < 4.78 is 12.4. The highest BCUT2D eigenvalue weighted by Crippen LogP contribution is 2.25. The lowest BCUT2D eigenvalue weighted by Crippen LogP contribution is -2.31. The molecule has 2 aromatic rings. The number of carbonyl (C=O) groups is 1. The van der Waals surface area contributed by atoms with Crippen molar-refractivity contribution in [2.75, 3.05) is 26.6 Å². The van der Waals surface area contributed by atoms with Crippen LogP contribution in [-0.2, 0) is 13.1 Å². The molecule has 1 aromatic heterocycles. The molecule has 2 amide bonds. The van der Waals surface area contributed by atoms with Gasteiger partial charge in [-0.05, 0) is 6.92 Å². The molecule has 124 valence electrons. The van der Waals surface area contributed by atoms with Gasteiger partial charge in [0, 0.05) is 49.9 Å². The molecular weight excluding hydrogens is 296 g/mol. The minimum Gasteiger partial charge on any atom is -0.497 e. The van der Waals surface area contributed by atoms with Crippen molar-refractivity contribution in [3.8, 4) is 11.5 Å². The maximum atomic E-state index is 12.3. The third-order valence-corrected chi connectivity index (χ3v) is 3.47. The minimum absolute atomic E-state index is 0.231. The Labute approximate surface area is 135 Å². The van der Waals surface area contributed by atoms with Crippen molar-refractivity contribution in [1.82, 2.24) is 14.5 Å². The van der Waals surface area contributed by atoms with Crippen molar-refractivity contribution < 1.29 is 14.3 Å². The Balaban J connectivity index is 2.06. The summed E-state index contributed by atoms with van der Waals surface area (Å²) in [4.78, 5) is 18.2. The van der Waals surface area contributed by atoms with E-state index >= 15 is 0 Å². The smallest absolute Gasteiger partial charge is 0.321 e. The van der Waals surface area contributed by atoms with E-state index in [0.29, 0.717) is 23.7 Å². The van der Waals surface area contributed by atoms with Crippen molar-refractivity contribution in [3.63, 3.8) is 0 Å². The van der Waals surface area contributed by atoms with Crippen LogP contribution in [-0.4, -0.2) is 41.7 Å². The average molecular weight is 318 g/mol. The van der Waals surface area contributed by atoms with Gasteiger partial charge in [0.1, 0.15) is 17.3 Å². The lowest BCUT2D eigenvalue weighted by atomic mass is 10.3. The summed E-state index contributed by atoms with van der Waals surface area (Å²) in [6.45, 7) is 3.28. The van der Waals surface area contributed by atoms with E-state index in [2.05, 4.69) is 10.3 Å². The monoisotopic (exact) mass is 318 g/mol. The summed E-state index contributed by atoms with van der Waals surface area (Å²) in [6, 6.07) is 4.99. The molecule has 0 fully saturated rings. The van der Waals surface area contributed by atoms with E-state index in [-0.39, 0.29) is 6.03 Å². The Kier molecular flexibility index (Phi) is 5.46. The van der Waals surface area contributed by atoms with Crippen molar-refractivity contribution in [2.45, 2.75) is 20.0 Å². The topological polar surface area (TPSA) is 68.6 Å². The van der Waals surface area contributed by atoms with E-state index in [9.17, 15) is 4.79 Å². The maximum Gasteiger partial charge on any atom is 0.321 e. The van der Waals surface area contributed by atoms with Gasteiger partial charge in [-0.25, -0.2) is 9.78 Å². The summed E-state index contributed by atoms with van der Waals surface area (Å²) in [6.07, 6.45) is 3.63. The molecule has 0 aliphatic heterocycles. The number of carbonyl (C=O) groups excluding carboxylic acids is 1. The Hall–Kier alpha value is -2.70. The summed E-state index contributed by atoms with van der Waals surface area (Å²) in [5, 5.41) is 2.83. The third kappa shape index (κ3) is 4.15. The van der Waals surface area contributed by atoms with Gasteiger partial charge in [0.15, 0.2) is 0 Å². The Bertz CT molecular complexity index is 647. The number of methoxy groups -OCH3 is 2. The van der Waals surface area contributed by atoms with Gasteiger partial charge in [-0.1, -0.05) is 0 Å². The van der Waals surface area contributed by atoms with Gasteiger partial charge < -0.3 is 24.3 Å². The lowest BCUT2D eigenvalue weighted by molar-refractivity contribution is 0.219. The first-order valence-electron chi connectivity index (χ1n) is 7.32. The van der Waals surface area contributed by atoms with Crippen LogP contribution in [0.25, 0.3) is 0 Å². The normalized spacial score (nSPS) is 10.3. The number of nitrogens with zero attached hydrogens (tertiary/aromatic N) is 3. The molecule has 0 saturated heterocycles. The molecule has 0 aliphatic carbocycles. The highest BCUT2D eigenvalue weighted by molar-refractivity contribution is 5.89. The summed E-state index contributed by atoms with van der Waals surface area (Å²) in [7, 11) is 4.86. The van der Waals surface area contributed by atoms with Gasteiger partial charge in [-0.15, -0.1) is 0 Å². The van der Waals surface area contributed by atoms with Crippen LogP contribution in [0.2, 0.25) is 0 Å². The number of benzene rings is 1. The van der Waals surface area contributed by atoms with Crippen LogP contribution in [0.3, 0.4) is 0 Å². The summed E-state index contributed by atoms with van der Waals surface area (Å²) in [5.74, 6) is 2.07. The van der Waals surface area contributed by atoms with Gasteiger partial charge >= 0.3 is 6.03 Å². The van der Waals surface area contributed by atoms with E-state index < -0.39 is 0 Å². The second-order valence-electron chi connectivity index (χ2n) is 5.02. The van der Waals surface area contributed by atoms with Crippen LogP contribution in [0.1, 0.15) is 12.7 Å². The molecule has 1 N–H and O–H groups in total. The zero-order chi connectivity index (χ0) is 16.8. The van der Waals surface area contributed by atoms with Crippen molar-refractivity contribution in [2.24, 2.45) is 0 Å². The summed E-state index contributed by atoms with van der Waals surface area (Å²) >= 11 is 0. The molecule has 7 nitrogen and oxygen atoms in total. The van der Waals surface area contributed by atoms with Crippen molar-refractivity contribution >= 4 is 11.7 Å². The Morgan fingerprint density at radius 1 is 1.26 bits per heavy atom. The predicted molar refractivity (Wildman–Crippen MR) is 87.9 cm³/mol. The van der Waals surface area contributed by atoms with Crippen LogP contribution in [0, 0.1) is 0 Å². The van der Waals surface area contributed by atoms with Gasteiger partial charge in [-0.3, -0.25) is 0 Å². The van der Waals surface area contributed by atoms with Gasteiger partial charge in [0.05, 0.1) is 20.8 Å². The number of ether oxygens (including phenoxy) is 2. The fraction of sp³-hybridized carbons (Fsp3) is 0.375. The third-order valence-electron chi connectivity index (χ3n) is 3.47. The number of hydrogen-bond donors (Lipinski definition) is 1. The number of aryl methyl sites for hydroxylation is 1. The molecule has 1 heterocycles. The van der Waals surface area contributed by atoms with Crippen LogP contribution in [0.5, 0.6) is 11.5 Å². The standard InChI is InChI=1S/C16H22N4O3/c1-5-20-7-6-17-15(20)11-19(2)16(21)18-12-8-13(22-3)10-14(9-12)23-4/h6-10H,5,11H2,1-4H3,(H,18,21). The maximum absolute atomic E-state index is 12.3. The molecule has 0 bridgehead atoms. The molecule has 1 aromatic carbocycles. The predicted octanol–water partition coefficient (Wildman–Crippen LogP) is 2.58. The molecule has 0 radical (unpaired) electrons. The van der Waals surface area contributed by atoms with E-state index in [1.807, 2.05) is 17.7 Å². The molecule has 0 aliphatic rings. The largest absolute Gasteiger partial charge is 0.497 e. The van der Waals surface area contributed by atoms with E-state index in [4.69, 9.17) is 9.47 Å². The molecule has 0 saturated carbocycles. The second-order valence-corrected chi connectivity index (χ2v) is 5.02. The number of urea groups is 1. The first-order valence-corrected chi connectivity index (χ1v) is 7.32. The van der Waals surface area contributed by atoms with Gasteiger partial charge in [0.2, 0.25) is 0 Å². The molecule has 0 spiro atoms. The number of amides is 2. The lowest BCUT2D eigenvalue weighted by Gasteiger charge is -2.18. The van der Waals surface area contributed by atoms with Crippen molar-refractivity contribution in [3.05, 3.63) is 36.4 Å². The molecule has 23 heavy (non-hydrogen) atoms. The van der Waals surface area contributed by atoms with Crippen LogP contribution < -0.4 is 14.8 Å². The SMILES string of the molecule is CCn1ccnc1CN(C)C(=O)Nc1cc(OC)cc(OC)c1. The van der Waals surface area contributed by atoms with E-state index in [0.717, 1.165) is 12.4 Å². The minimum atomic E-state index is -0.231. The van der Waals surface area contributed by atoms with Crippen LogP contribution in [0.4, 0.5) is 10.5 Å².